The lowest BCUT2D eigenvalue weighted by Crippen LogP contribution is -2.29. The number of nitrogens with one attached hydrogen (secondary N) is 3. The highest BCUT2D eigenvalue weighted by Gasteiger charge is 2.08. The smallest absolute Gasteiger partial charge is 0.325 e. The molecule has 1 aromatic heterocycles. The first-order chi connectivity index (χ1) is 12.0. The summed E-state index contributed by atoms with van der Waals surface area (Å²) in [6, 6.07) is 7.80. The van der Waals surface area contributed by atoms with Crippen molar-refractivity contribution in [2.75, 3.05) is 13.2 Å². The van der Waals surface area contributed by atoms with Crippen LogP contribution in [0.1, 0.15) is 29.7 Å². The van der Waals surface area contributed by atoms with Crippen LogP contribution in [-0.2, 0) is 11.2 Å². The summed E-state index contributed by atoms with van der Waals surface area (Å²) in [6.07, 6.45) is 1.16. The Hall–Kier alpha value is -2.83. The molecule has 0 saturated carbocycles. The van der Waals surface area contributed by atoms with Gasteiger partial charge in [0.25, 0.3) is 5.56 Å². The van der Waals surface area contributed by atoms with Gasteiger partial charge in [-0.05, 0) is 38.8 Å². The molecule has 0 saturated heterocycles. The van der Waals surface area contributed by atoms with E-state index in [4.69, 9.17) is 4.74 Å². The van der Waals surface area contributed by atoms with Crippen LogP contribution >= 0.6 is 0 Å². The zero-order valence-corrected chi connectivity index (χ0v) is 14.5. The maximum atomic E-state index is 11.8. The van der Waals surface area contributed by atoms with Crippen molar-refractivity contribution in [3.63, 3.8) is 0 Å². The maximum absolute atomic E-state index is 11.8. The Morgan fingerprint density at radius 3 is 2.52 bits per heavy atom. The number of aromatic amines is 2. The summed E-state index contributed by atoms with van der Waals surface area (Å²) < 4.78 is 5.58. The van der Waals surface area contributed by atoms with E-state index in [2.05, 4.69) is 15.3 Å². The summed E-state index contributed by atoms with van der Waals surface area (Å²) in [5.41, 5.74) is 1.12. The first-order valence-electron chi connectivity index (χ1n) is 8.24. The molecule has 0 atom stereocenters. The van der Waals surface area contributed by atoms with E-state index in [0.29, 0.717) is 30.8 Å². The van der Waals surface area contributed by atoms with E-state index in [-0.39, 0.29) is 18.7 Å². The van der Waals surface area contributed by atoms with Crippen LogP contribution < -0.4 is 21.3 Å². The monoisotopic (exact) mass is 345 g/mol. The second-order valence-corrected chi connectivity index (χ2v) is 5.88. The third-order valence-electron chi connectivity index (χ3n) is 3.79. The molecule has 134 valence electrons. The van der Waals surface area contributed by atoms with Crippen molar-refractivity contribution in [3.05, 3.63) is 61.9 Å². The van der Waals surface area contributed by atoms with Gasteiger partial charge in [0, 0.05) is 24.2 Å². The number of carbonyl (C=O) groups is 1. The zero-order valence-electron chi connectivity index (χ0n) is 14.5. The van der Waals surface area contributed by atoms with Crippen molar-refractivity contribution in [2.45, 2.75) is 33.1 Å². The largest absolute Gasteiger partial charge is 0.494 e. The molecule has 1 heterocycles. The van der Waals surface area contributed by atoms with Gasteiger partial charge in [-0.25, -0.2) is 4.79 Å². The maximum Gasteiger partial charge on any atom is 0.325 e. The molecular formula is C18H23N3O4. The Bertz CT molecular complexity index is 821. The van der Waals surface area contributed by atoms with Gasteiger partial charge in [0.2, 0.25) is 5.91 Å². The van der Waals surface area contributed by atoms with Gasteiger partial charge in [0.05, 0.1) is 6.61 Å². The second kappa shape index (κ2) is 8.86. The number of H-pyrrole nitrogens is 2. The lowest BCUT2D eigenvalue weighted by Gasteiger charge is -2.08. The molecule has 1 aromatic carbocycles. The summed E-state index contributed by atoms with van der Waals surface area (Å²) in [7, 11) is 0. The molecule has 2 aromatic rings. The SMILES string of the molecule is Cc1ccc(OCCCNC(=O)CCc2c(C)[nH]c(=O)[nH]c2=O)cc1. The van der Waals surface area contributed by atoms with Gasteiger partial charge in [-0.2, -0.15) is 0 Å². The summed E-state index contributed by atoms with van der Waals surface area (Å²) in [6.45, 7) is 4.68. The molecule has 0 bridgehead atoms. The molecule has 0 aliphatic carbocycles. The van der Waals surface area contributed by atoms with E-state index in [0.717, 1.165) is 5.75 Å². The Balaban J connectivity index is 1.67. The Kier molecular flexibility index (Phi) is 6.56. The Morgan fingerprint density at radius 2 is 1.84 bits per heavy atom. The molecule has 0 unspecified atom stereocenters. The van der Waals surface area contributed by atoms with E-state index in [1.807, 2.05) is 31.2 Å². The molecule has 25 heavy (non-hydrogen) atoms. The molecule has 2 rings (SSSR count). The van der Waals surface area contributed by atoms with Gasteiger partial charge >= 0.3 is 5.69 Å². The van der Waals surface area contributed by atoms with E-state index < -0.39 is 11.2 Å². The standard InChI is InChI=1S/C18H23N3O4/c1-12-4-6-14(7-5-12)25-11-3-10-19-16(22)9-8-15-13(2)20-18(24)21-17(15)23/h4-7H,3,8-11H2,1-2H3,(H,19,22)(H2,20,21,23,24). The van der Waals surface area contributed by atoms with E-state index in [1.54, 1.807) is 6.92 Å². The van der Waals surface area contributed by atoms with E-state index >= 15 is 0 Å². The molecular weight excluding hydrogens is 322 g/mol. The number of amides is 1. The van der Waals surface area contributed by atoms with Crippen molar-refractivity contribution < 1.29 is 9.53 Å². The summed E-state index contributed by atoms with van der Waals surface area (Å²) in [4.78, 5) is 39.4. The number of carbonyl (C=O) groups excluding carboxylic acids is 1. The molecule has 0 spiro atoms. The van der Waals surface area contributed by atoms with Gasteiger partial charge in [-0.1, -0.05) is 17.7 Å². The van der Waals surface area contributed by atoms with Gasteiger partial charge < -0.3 is 15.0 Å². The summed E-state index contributed by atoms with van der Waals surface area (Å²) >= 11 is 0. The van der Waals surface area contributed by atoms with Crippen LogP contribution in [-0.4, -0.2) is 29.0 Å². The topological polar surface area (TPSA) is 104 Å². The predicted octanol–water partition coefficient (Wildman–Crippen LogP) is 1.20. The van der Waals surface area contributed by atoms with Crippen molar-refractivity contribution in [1.82, 2.24) is 15.3 Å². The van der Waals surface area contributed by atoms with Crippen LogP contribution in [0.25, 0.3) is 0 Å². The molecule has 0 fully saturated rings. The van der Waals surface area contributed by atoms with Crippen LogP contribution in [0, 0.1) is 13.8 Å². The number of hydrogen-bond donors (Lipinski definition) is 3. The third kappa shape index (κ3) is 5.95. The highest BCUT2D eigenvalue weighted by molar-refractivity contribution is 5.76. The van der Waals surface area contributed by atoms with Gasteiger partial charge in [-0.3, -0.25) is 14.6 Å². The van der Waals surface area contributed by atoms with Gasteiger partial charge in [-0.15, -0.1) is 0 Å². The first kappa shape index (κ1) is 18.5. The molecule has 0 aliphatic rings. The van der Waals surface area contributed by atoms with Gasteiger partial charge in [0.15, 0.2) is 0 Å². The van der Waals surface area contributed by atoms with Crippen molar-refractivity contribution >= 4 is 5.91 Å². The second-order valence-electron chi connectivity index (χ2n) is 5.88. The minimum Gasteiger partial charge on any atom is -0.494 e. The predicted molar refractivity (Wildman–Crippen MR) is 95.0 cm³/mol. The zero-order chi connectivity index (χ0) is 18.2. The van der Waals surface area contributed by atoms with E-state index in [9.17, 15) is 14.4 Å². The molecule has 1 amide bonds. The van der Waals surface area contributed by atoms with E-state index in [1.165, 1.54) is 5.56 Å². The summed E-state index contributed by atoms with van der Waals surface area (Å²) in [5, 5.41) is 2.80. The third-order valence-corrected chi connectivity index (χ3v) is 3.79. The number of hydrogen-bond acceptors (Lipinski definition) is 4. The van der Waals surface area contributed by atoms with Crippen LogP contribution in [0.2, 0.25) is 0 Å². The minimum absolute atomic E-state index is 0.139. The Labute approximate surface area is 145 Å². The van der Waals surface area contributed by atoms with Crippen molar-refractivity contribution in [3.8, 4) is 5.75 Å². The fraction of sp³-hybridized carbons (Fsp3) is 0.389. The highest BCUT2D eigenvalue weighted by atomic mass is 16.5. The average molecular weight is 345 g/mol. The van der Waals surface area contributed by atoms with Crippen LogP contribution in [0.15, 0.2) is 33.9 Å². The lowest BCUT2D eigenvalue weighted by molar-refractivity contribution is -0.121. The highest BCUT2D eigenvalue weighted by Crippen LogP contribution is 2.11. The quantitative estimate of drug-likeness (QED) is 0.625. The lowest BCUT2D eigenvalue weighted by atomic mass is 10.1. The molecule has 7 heteroatoms. The molecule has 3 N–H and O–H groups in total. The average Bonchev–Trinajstić information content (AvgIpc) is 2.55. The fourth-order valence-electron chi connectivity index (χ4n) is 2.38. The molecule has 0 radical (unpaired) electrons. The number of benzene rings is 1. The Morgan fingerprint density at radius 1 is 1.12 bits per heavy atom. The van der Waals surface area contributed by atoms with Crippen LogP contribution in [0.5, 0.6) is 5.75 Å². The minimum atomic E-state index is -0.538. The van der Waals surface area contributed by atoms with Crippen LogP contribution in [0.3, 0.4) is 0 Å². The number of aromatic nitrogens is 2. The van der Waals surface area contributed by atoms with Crippen molar-refractivity contribution in [1.29, 1.82) is 0 Å². The number of rotatable bonds is 8. The fourth-order valence-corrected chi connectivity index (χ4v) is 2.38. The number of ether oxygens (including phenoxy) is 1. The normalized spacial score (nSPS) is 10.5. The summed E-state index contributed by atoms with van der Waals surface area (Å²) in [5.74, 6) is 0.671. The van der Waals surface area contributed by atoms with Gasteiger partial charge in [0.1, 0.15) is 5.75 Å². The number of aryl methyl sites for hydroxylation is 2. The molecule has 7 nitrogen and oxygen atoms in total. The van der Waals surface area contributed by atoms with Crippen LogP contribution in [0.4, 0.5) is 0 Å². The first-order valence-corrected chi connectivity index (χ1v) is 8.24. The van der Waals surface area contributed by atoms with Crippen molar-refractivity contribution in [2.24, 2.45) is 0 Å². The molecule has 0 aliphatic heterocycles.